The number of aromatic nitrogens is 2. The lowest BCUT2D eigenvalue weighted by Crippen LogP contribution is -2.47. The summed E-state index contributed by atoms with van der Waals surface area (Å²) in [7, 11) is 0. The summed E-state index contributed by atoms with van der Waals surface area (Å²) in [6.45, 7) is 4.29. The van der Waals surface area contributed by atoms with Gasteiger partial charge >= 0.3 is 6.03 Å². The summed E-state index contributed by atoms with van der Waals surface area (Å²) in [4.78, 5) is 39.3. The molecule has 0 unspecified atom stereocenters. The number of nitrogens with one attached hydrogen (secondary N) is 2. The van der Waals surface area contributed by atoms with Crippen molar-refractivity contribution >= 4 is 17.8 Å². The lowest BCUT2D eigenvalue weighted by Gasteiger charge is -2.33. The molecule has 0 aromatic carbocycles. The Morgan fingerprint density at radius 1 is 1.43 bits per heavy atom. The molecule has 124 valence electrons. The number of piperidine rings is 1. The summed E-state index contributed by atoms with van der Waals surface area (Å²) in [5, 5.41) is 9.49. The number of hydrogen-bond donors (Lipinski definition) is 2. The number of H-pyrrole nitrogens is 1. The van der Waals surface area contributed by atoms with Crippen LogP contribution >= 0.6 is 0 Å². The number of hydrogen-bond acceptors (Lipinski definition) is 4. The third kappa shape index (κ3) is 2.93. The summed E-state index contributed by atoms with van der Waals surface area (Å²) in [5.41, 5.74) is 0.0659. The Balaban J connectivity index is 1.64. The second-order valence-corrected chi connectivity index (χ2v) is 6.64. The second-order valence-electron chi connectivity index (χ2n) is 6.64. The van der Waals surface area contributed by atoms with Crippen molar-refractivity contribution in [2.45, 2.75) is 38.1 Å². The van der Waals surface area contributed by atoms with Crippen molar-refractivity contribution < 1.29 is 14.4 Å². The van der Waals surface area contributed by atoms with Crippen LogP contribution in [0.3, 0.4) is 0 Å². The molecule has 0 bridgehead atoms. The highest BCUT2D eigenvalue weighted by atomic mass is 16.2. The minimum atomic E-state index is -0.947. The van der Waals surface area contributed by atoms with Gasteiger partial charge in [-0.3, -0.25) is 19.6 Å². The smallest absolute Gasteiger partial charge is 0.325 e. The van der Waals surface area contributed by atoms with Crippen molar-refractivity contribution in [2.75, 3.05) is 19.6 Å². The summed E-state index contributed by atoms with van der Waals surface area (Å²) >= 11 is 0. The molecule has 1 aromatic rings. The minimum Gasteiger partial charge on any atom is -0.340 e. The van der Waals surface area contributed by atoms with Crippen molar-refractivity contribution in [1.29, 1.82) is 0 Å². The Kier molecular flexibility index (Phi) is 3.83. The number of nitrogens with zero attached hydrogens (tertiary/aromatic N) is 3. The first-order valence-electron chi connectivity index (χ1n) is 7.79. The summed E-state index contributed by atoms with van der Waals surface area (Å²) in [6, 6.07) is 1.41. The number of carbonyl (C=O) groups is 3. The molecule has 2 N–H and O–H groups in total. The molecule has 2 fully saturated rings. The highest BCUT2D eigenvalue weighted by Crippen LogP contribution is 2.25. The van der Waals surface area contributed by atoms with E-state index in [1.165, 1.54) is 0 Å². The molecule has 2 aliphatic heterocycles. The van der Waals surface area contributed by atoms with Gasteiger partial charge in [0.15, 0.2) is 0 Å². The fourth-order valence-electron chi connectivity index (χ4n) is 3.15. The SMILES string of the molecule is CC1(C)NC(=O)N(CC(=O)N2CCC[C@@H](c3ccn[nH]3)C2)C1=O. The van der Waals surface area contributed by atoms with Crippen molar-refractivity contribution in [3.8, 4) is 0 Å². The van der Waals surface area contributed by atoms with Gasteiger partial charge in [0, 0.05) is 30.9 Å². The molecule has 0 radical (unpaired) electrons. The normalized spacial score (nSPS) is 24.0. The lowest BCUT2D eigenvalue weighted by molar-refractivity contribution is -0.139. The number of urea groups is 1. The van der Waals surface area contributed by atoms with Gasteiger partial charge in [0.05, 0.1) is 0 Å². The van der Waals surface area contributed by atoms with Crippen molar-refractivity contribution in [3.05, 3.63) is 18.0 Å². The van der Waals surface area contributed by atoms with E-state index < -0.39 is 11.6 Å². The first kappa shape index (κ1) is 15.5. The Bertz CT molecular complexity index is 625. The fourth-order valence-corrected chi connectivity index (χ4v) is 3.15. The van der Waals surface area contributed by atoms with Crippen molar-refractivity contribution in [1.82, 2.24) is 25.3 Å². The molecular formula is C15H21N5O3. The Morgan fingerprint density at radius 3 is 2.83 bits per heavy atom. The second kappa shape index (κ2) is 5.68. The van der Waals surface area contributed by atoms with Gasteiger partial charge in [-0.2, -0.15) is 5.10 Å². The minimum absolute atomic E-state index is 0.199. The third-order valence-electron chi connectivity index (χ3n) is 4.47. The molecule has 0 aliphatic carbocycles. The molecule has 23 heavy (non-hydrogen) atoms. The van der Waals surface area contributed by atoms with Crippen molar-refractivity contribution in [3.63, 3.8) is 0 Å². The first-order valence-corrected chi connectivity index (χ1v) is 7.79. The van der Waals surface area contributed by atoms with Crippen LogP contribution in [-0.4, -0.2) is 63.0 Å². The molecule has 3 heterocycles. The topological polar surface area (TPSA) is 98.4 Å². The molecule has 2 aliphatic rings. The predicted molar refractivity (Wildman–Crippen MR) is 81.5 cm³/mol. The number of rotatable bonds is 3. The highest BCUT2D eigenvalue weighted by molar-refractivity contribution is 6.08. The van der Waals surface area contributed by atoms with E-state index in [0.29, 0.717) is 13.1 Å². The Hall–Kier alpha value is -2.38. The number of carbonyl (C=O) groups excluding carboxylic acids is 3. The zero-order chi connectivity index (χ0) is 16.6. The Labute approximate surface area is 134 Å². The summed E-state index contributed by atoms with van der Waals surface area (Å²) in [6.07, 6.45) is 3.58. The maximum Gasteiger partial charge on any atom is 0.325 e. The van der Waals surface area contributed by atoms with Gasteiger partial charge in [0.25, 0.3) is 5.91 Å². The molecule has 8 nitrogen and oxygen atoms in total. The summed E-state index contributed by atoms with van der Waals surface area (Å²) < 4.78 is 0. The van der Waals surface area contributed by atoms with Gasteiger partial charge in [-0.25, -0.2) is 4.79 Å². The zero-order valence-corrected chi connectivity index (χ0v) is 13.3. The molecule has 2 saturated heterocycles. The largest absolute Gasteiger partial charge is 0.340 e. The standard InChI is InChI=1S/C15H21N5O3/c1-15(2)13(22)20(14(23)17-15)9-12(21)19-7-3-4-10(8-19)11-5-6-16-18-11/h5-6,10H,3-4,7-9H2,1-2H3,(H,16,18)(H,17,23)/t10-/m1/s1. The Morgan fingerprint density at radius 2 is 2.22 bits per heavy atom. The maximum atomic E-state index is 12.5. The van der Waals surface area contributed by atoms with E-state index in [9.17, 15) is 14.4 Å². The fraction of sp³-hybridized carbons (Fsp3) is 0.600. The van der Waals surface area contributed by atoms with Crippen LogP contribution in [0.25, 0.3) is 0 Å². The van der Waals surface area contributed by atoms with Crippen LogP contribution in [0.4, 0.5) is 4.79 Å². The van der Waals surface area contributed by atoms with Crippen LogP contribution in [0, 0.1) is 0 Å². The molecule has 3 rings (SSSR count). The molecule has 8 heteroatoms. The summed E-state index contributed by atoms with van der Waals surface area (Å²) in [5.74, 6) is -0.344. The van der Waals surface area contributed by atoms with Gasteiger partial charge < -0.3 is 10.2 Å². The molecule has 0 spiro atoms. The maximum absolute atomic E-state index is 12.5. The molecular weight excluding hydrogens is 298 g/mol. The van der Waals surface area contributed by atoms with E-state index in [1.807, 2.05) is 6.07 Å². The highest BCUT2D eigenvalue weighted by Gasteiger charge is 2.45. The van der Waals surface area contributed by atoms with Crippen LogP contribution < -0.4 is 5.32 Å². The van der Waals surface area contributed by atoms with Crippen LogP contribution in [0.5, 0.6) is 0 Å². The molecule has 1 aromatic heterocycles. The van der Waals surface area contributed by atoms with Gasteiger partial charge in [0.1, 0.15) is 12.1 Å². The zero-order valence-electron chi connectivity index (χ0n) is 13.3. The van der Waals surface area contributed by atoms with Gasteiger partial charge in [0.2, 0.25) is 5.91 Å². The predicted octanol–water partition coefficient (Wildman–Crippen LogP) is 0.446. The van der Waals surface area contributed by atoms with E-state index in [0.717, 1.165) is 23.4 Å². The number of likely N-dealkylation sites (tertiary alicyclic amines) is 1. The first-order chi connectivity index (χ1) is 10.9. The molecule has 4 amide bonds. The average molecular weight is 319 g/mol. The monoisotopic (exact) mass is 319 g/mol. The van der Waals surface area contributed by atoms with E-state index in [2.05, 4.69) is 15.5 Å². The van der Waals surface area contributed by atoms with Gasteiger partial charge in [-0.1, -0.05) is 0 Å². The molecule has 1 atom stereocenters. The van der Waals surface area contributed by atoms with E-state index in [1.54, 1.807) is 24.9 Å². The number of amides is 4. The van der Waals surface area contributed by atoms with E-state index in [-0.39, 0.29) is 24.3 Å². The van der Waals surface area contributed by atoms with E-state index in [4.69, 9.17) is 0 Å². The number of aromatic amines is 1. The van der Waals surface area contributed by atoms with Crippen LogP contribution in [0.15, 0.2) is 12.3 Å². The van der Waals surface area contributed by atoms with Crippen LogP contribution in [0.1, 0.15) is 38.3 Å². The average Bonchev–Trinajstić information content (AvgIpc) is 3.11. The van der Waals surface area contributed by atoms with Crippen LogP contribution in [-0.2, 0) is 9.59 Å². The third-order valence-corrected chi connectivity index (χ3v) is 4.47. The number of imide groups is 1. The van der Waals surface area contributed by atoms with E-state index >= 15 is 0 Å². The quantitative estimate of drug-likeness (QED) is 0.790. The molecule has 0 saturated carbocycles. The van der Waals surface area contributed by atoms with Crippen LogP contribution in [0.2, 0.25) is 0 Å². The van der Waals surface area contributed by atoms with Gasteiger partial charge in [-0.05, 0) is 32.8 Å². The van der Waals surface area contributed by atoms with Crippen molar-refractivity contribution in [2.24, 2.45) is 0 Å². The lowest BCUT2D eigenvalue weighted by atomic mass is 9.95. The van der Waals surface area contributed by atoms with Gasteiger partial charge in [-0.15, -0.1) is 0 Å².